The van der Waals surface area contributed by atoms with Crippen LogP contribution in [0.5, 0.6) is 0 Å². The van der Waals surface area contributed by atoms with Crippen LogP contribution < -0.4 is 0 Å². The summed E-state index contributed by atoms with van der Waals surface area (Å²) in [5, 5.41) is 9.66. The molecule has 2 rings (SSSR count). The lowest BCUT2D eigenvalue weighted by Crippen LogP contribution is -2.35. The van der Waals surface area contributed by atoms with Crippen LogP contribution in [-0.4, -0.2) is 35.2 Å². The molecule has 0 aromatic heterocycles. The minimum atomic E-state index is -0.0262. The summed E-state index contributed by atoms with van der Waals surface area (Å²) in [6, 6.07) is 0.670. The summed E-state index contributed by atoms with van der Waals surface area (Å²) in [4.78, 5) is 2.65. The number of aliphatic hydroxyl groups is 1. The van der Waals surface area contributed by atoms with Gasteiger partial charge in [0.2, 0.25) is 0 Å². The van der Waals surface area contributed by atoms with Crippen LogP contribution in [-0.2, 0) is 0 Å². The van der Waals surface area contributed by atoms with Crippen LogP contribution >= 0.6 is 0 Å². The maximum atomic E-state index is 9.66. The molecule has 0 spiro atoms. The number of aliphatic hydroxyl groups excluding tert-OH is 1. The van der Waals surface area contributed by atoms with Gasteiger partial charge in [-0.2, -0.15) is 0 Å². The molecule has 17 heavy (non-hydrogen) atoms. The Morgan fingerprint density at radius 3 is 2.35 bits per heavy atom. The number of rotatable bonds is 1. The molecular weight excluding hydrogens is 210 g/mol. The predicted molar refractivity (Wildman–Crippen MR) is 72.0 cm³/mol. The summed E-state index contributed by atoms with van der Waals surface area (Å²) in [5.41, 5.74) is 0.463. The molecule has 1 aliphatic carbocycles. The highest BCUT2D eigenvalue weighted by molar-refractivity contribution is 4.86. The van der Waals surface area contributed by atoms with Crippen molar-refractivity contribution in [2.45, 2.75) is 71.4 Å². The molecule has 0 bridgehead atoms. The third-order valence-corrected chi connectivity index (χ3v) is 4.88. The first-order valence-electron chi connectivity index (χ1n) is 7.39. The number of hydrogen-bond donors (Lipinski definition) is 1. The summed E-state index contributed by atoms with van der Waals surface area (Å²) in [5.74, 6) is 0.874. The predicted octanol–water partition coefficient (Wildman–Crippen LogP) is 3.05. The summed E-state index contributed by atoms with van der Waals surface area (Å²) in [6.45, 7) is 9.65. The van der Waals surface area contributed by atoms with Crippen molar-refractivity contribution in [3.8, 4) is 0 Å². The van der Waals surface area contributed by atoms with Gasteiger partial charge in [0.1, 0.15) is 0 Å². The zero-order chi connectivity index (χ0) is 12.5. The summed E-state index contributed by atoms with van der Waals surface area (Å²) < 4.78 is 0. The Morgan fingerprint density at radius 1 is 1.00 bits per heavy atom. The molecule has 1 aliphatic heterocycles. The van der Waals surface area contributed by atoms with Gasteiger partial charge in [0.05, 0.1) is 6.10 Å². The van der Waals surface area contributed by atoms with E-state index in [0.29, 0.717) is 11.5 Å². The van der Waals surface area contributed by atoms with Crippen LogP contribution in [0.15, 0.2) is 0 Å². The van der Waals surface area contributed by atoms with E-state index in [1.807, 2.05) is 0 Å². The van der Waals surface area contributed by atoms with Crippen molar-refractivity contribution in [3.63, 3.8) is 0 Å². The van der Waals surface area contributed by atoms with Gasteiger partial charge in [-0.1, -0.05) is 20.8 Å². The topological polar surface area (TPSA) is 23.5 Å². The fourth-order valence-corrected chi connectivity index (χ4v) is 3.62. The maximum Gasteiger partial charge on any atom is 0.0555 e. The number of hydrogen-bond acceptors (Lipinski definition) is 2. The summed E-state index contributed by atoms with van der Waals surface area (Å²) in [6.07, 6.45) is 7.28. The highest BCUT2D eigenvalue weighted by atomic mass is 16.3. The van der Waals surface area contributed by atoms with Crippen LogP contribution in [0.2, 0.25) is 0 Å². The van der Waals surface area contributed by atoms with Crippen molar-refractivity contribution in [1.82, 2.24) is 4.90 Å². The Balaban J connectivity index is 1.87. The fraction of sp³-hybridized carbons (Fsp3) is 1.00. The Hall–Kier alpha value is -0.0800. The molecular formula is C15H29NO. The van der Waals surface area contributed by atoms with Gasteiger partial charge in [-0.3, -0.25) is 0 Å². The van der Waals surface area contributed by atoms with E-state index in [-0.39, 0.29) is 6.10 Å². The zero-order valence-corrected chi connectivity index (χ0v) is 11.8. The Labute approximate surface area is 106 Å². The van der Waals surface area contributed by atoms with Gasteiger partial charge in [0.25, 0.3) is 0 Å². The van der Waals surface area contributed by atoms with Crippen LogP contribution in [0.3, 0.4) is 0 Å². The van der Waals surface area contributed by atoms with Crippen molar-refractivity contribution >= 4 is 0 Å². The fourth-order valence-electron chi connectivity index (χ4n) is 3.62. The van der Waals surface area contributed by atoms with Crippen molar-refractivity contribution in [2.24, 2.45) is 11.3 Å². The molecule has 0 aromatic rings. The average molecular weight is 239 g/mol. The average Bonchev–Trinajstić information content (AvgIpc) is 2.53. The Kier molecular flexibility index (Phi) is 4.14. The SMILES string of the molecule is CC(C)(C)C1CCCN(C2CCC(O)C2)CC1. The van der Waals surface area contributed by atoms with Crippen molar-refractivity contribution < 1.29 is 5.11 Å². The van der Waals surface area contributed by atoms with E-state index in [1.54, 1.807) is 0 Å². The molecule has 100 valence electrons. The van der Waals surface area contributed by atoms with E-state index in [0.717, 1.165) is 18.8 Å². The normalized spacial score (nSPS) is 37.1. The van der Waals surface area contributed by atoms with Crippen molar-refractivity contribution in [2.75, 3.05) is 13.1 Å². The van der Waals surface area contributed by atoms with E-state index in [4.69, 9.17) is 0 Å². The molecule has 1 heterocycles. The molecule has 0 amide bonds. The molecule has 1 N–H and O–H groups in total. The smallest absolute Gasteiger partial charge is 0.0555 e. The minimum absolute atomic E-state index is 0.0262. The van der Waals surface area contributed by atoms with Crippen LogP contribution in [0.25, 0.3) is 0 Å². The zero-order valence-electron chi connectivity index (χ0n) is 11.8. The molecule has 1 saturated carbocycles. The van der Waals surface area contributed by atoms with E-state index < -0.39 is 0 Å². The Bertz CT molecular complexity index is 246. The lowest BCUT2D eigenvalue weighted by Gasteiger charge is -2.31. The number of nitrogens with zero attached hydrogens (tertiary/aromatic N) is 1. The molecule has 0 aromatic carbocycles. The van der Waals surface area contributed by atoms with E-state index in [1.165, 1.54) is 38.8 Å². The van der Waals surface area contributed by atoms with E-state index in [2.05, 4.69) is 25.7 Å². The first-order chi connectivity index (χ1) is 7.97. The minimum Gasteiger partial charge on any atom is -0.393 e. The molecule has 2 fully saturated rings. The third kappa shape index (κ3) is 3.45. The molecule has 2 heteroatoms. The summed E-state index contributed by atoms with van der Waals surface area (Å²) in [7, 11) is 0. The lowest BCUT2D eigenvalue weighted by atomic mass is 9.77. The quantitative estimate of drug-likeness (QED) is 0.760. The van der Waals surface area contributed by atoms with Crippen LogP contribution in [0.4, 0.5) is 0 Å². The van der Waals surface area contributed by atoms with Crippen LogP contribution in [0.1, 0.15) is 59.3 Å². The van der Waals surface area contributed by atoms with Crippen LogP contribution in [0, 0.1) is 11.3 Å². The van der Waals surface area contributed by atoms with Gasteiger partial charge in [-0.05, 0) is 62.9 Å². The van der Waals surface area contributed by atoms with Gasteiger partial charge < -0.3 is 10.0 Å². The Morgan fingerprint density at radius 2 is 1.76 bits per heavy atom. The second kappa shape index (κ2) is 5.27. The largest absolute Gasteiger partial charge is 0.393 e. The van der Waals surface area contributed by atoms with Gasteiger partial charge in [0, 0.05) is 6.04 Å². The highest BCUT2D eigenvalue weighted by Gasteiger charge is 2.32. The van der Waals surface area contributed by atoms with Crippen molar-refractivity contribution in [3.05, 3.63) is 0 Å². The highest BCUT2D eigenvalue weighted by Crippen LogP contribution is 2.35. The molecule has 2 nitrogen and oxygen atoms in total. The molecule has 1 saturated heterocycles. The second-order valence-corrected chi connectivity index (χ2v) is 7.15. The first kappa shape index (κ1) is 13.4. The maximum absolute atomic E-state index is 9.66. The lowest BCUT2D eigenvalue weighted by molar-refractivity contribution is 0.148. The molecule has 3 atom stereocenters. The monoisotopic (exact) mass is 239 g/mol. The molecule has 2 aliphatic rings. The third-order valence-electron chi connectivity index (χ3n) is 4.88. The molecule has 3 unspecified atom stereocenters. The van der Waals surface area contributed by atoms with E-state index >= 15 is 0 Å². The van der Waals surface area contributed by atoms with Gasteiger partial charge in [-0.15, -0.1) is 0 Å². The second-order valence-electron chi connectivity index (χ2n) is 7.15. The number of likely N-dealkylation sites (tertiary alicyclic amines) is 1. The van der Waals surface area contributed by atoms with Crippen molar-refractivity contribution in [1.29, 1.82) is 0 Å². The van der Waals surface area contributed by atoms with Gasteiger partial charge in [-0.25, -0.2) is 0 Å². The molecule has 0 radical (unpaired) electrons. The van der Waals surface area contributed by atoms with E-state index in [9.17, 15) is 5.11 Å². The summed E-state index contributed by atoms with van der Waals surface area (Å²) >= 11 is 0. The van der Waals surface area contributed by atoms with Gasteiger partial charge in [0.15, 0.2) is 0 Å². The standard InChI is InChI=1S/C15H29NO/c1-15(2,3)12-5-4-9-16(10-8-12)13-6-7-14(17)11-13/h12-14,17H,4-11H2,1-3H3. The van der Waals surface area contributed by atoms with Gasteiger partial charge >= 0.3 is 0 Å². The first-order valence-corrected chi connectivity index (χ1v) is 7.39.